The third-order valence-corrected chi connectivity index (χ3v) is 3.88. The van der Waals surface area contributed by atoms with Gasteiger partial charge in [0.05, 0.1) is 12.7 Å². The number of rotatable bonds is 5. The molecule has 3 aromatic heterocycles. The zero-order valence-electron chi connectivity index (χ0n) is 11.0. The Balaban J connectivity index is 1.65. The highest BCUT2D eigenvalue weighted by molar-refractivity contribution is 7.09. The molecule has 0 bridgehead atoms. The van der Waals surface area contributed by atoms with Crippen molar-refractivity contribution in [2.75, 3.05) is 6.54 Å². The van der Waals surface area contributed by atoms with E-state index in [-0.39, 0.29) is 5.56 Å². The van der Waals surface area contributed by atoms with Crippen LogP contribution in [0.25, 0.3) is 11.0 Å². The van der Waals surface area contributed by atoms with Crippen LogP contribution in [0.3, 0.4) is 0 Å². The van der Waals surface area contributed by atoms with E-state index >= 15 is 0 Å². The number of aromatic nitrogens is 5. The second-order valence-corrected chi connectivity index (χ2v) is 5.41. The Morgan fingerprint density at radius 2 is 2.35 bits per heavy atom. The molecule has 3 heterocycles. The van der Waals surface area contributed by atoms with E-state index in [1.807, 2.05) is 11.4 Å². The molecular formula is C12H14N6OS. The molecule has 7 nitrogen and oxygen atoms in total. The SMILES string of the molecule is Cn1ncc2c(=O)n(CCNCc3cccs3)nnc21. The Kier molecular flexibility index (Phi) is 3.57. The number of fused-ring (bicyclic) bond motifs is 1. The van der Waals surface area contributed by atoms with Crippen molar-refractivity contribution in [3.8, 4) is 0 Å². The van der Waals surface area contributed by atoms with E-state index in [9.17, 15) is 4.79 Å². The van der Waals surface area contributed by atoms with Gasteiger partial charge in [-0.15, -0.1) is 16.4 Å². The van der Waals surface area contributed by atoms with Gasteiger partial charge in [0.2, 0.25) is 0 Å². The first-order chi connectivity index (χ1) is 9.75. The Bertz CT molecular complexity index is 760. The van der Waals surface area contributed by atoms with Gasteiger partial charge in [-0.1, -0.05) is 11.3 Å². The molecule has 0 aliphatic heterocycles. The fourth-order valence-corrected chi connectivity index (χ4v) is 2.61. The fraction of sp³-hybridized carbons (Fsp3) is 0.333. The number of nitrogens with zero attached hydrogens (tertiary/aromatic N) is 5. The Hall–Kier alpha value is -2.06. The van der Waals surface area contributed by atoms with Crippen LogP contribution in [-0.4, -0.2) is 31.3 Å². The second kappa shape index (κ2) is 5.51. The summed E-state index contributed by atoms with van der Waals surface area (Å²) in [6, 6.07) is 4.10. The lowest BCUT2D eigenvalue weighted by molar-refractivity contribution is 0.512. The van der Waals surface area contributed by atoms with E-state index in [1.165, 1.54) is 15.8 Å². The Labute approximate surface area is 118 Å². The Morgan fingerprint density at radius 1 is 1.45 bits per heavy atom. The molecule has 0 fully saturated rings. The molecule has 0 aromatic carbocycles. The number of thiophene rings is 1. The molecule has 0 saturated carbocycles. The van der Waals surface area contributed by atoms with Crippen molar-refractivity contribution in [1.29, 1.82) is 0 Å². The lowest BCUT2D eigenvalue weighted by Crippen LogP contribution is -2.29. The van der Waals surface area contributed by atoms with E-state index in [4.69, 9.17) is 0 Å². The highest BCUT2D eigenvalue weighted by atomic mass is 32.1. The molecule has 0 atom stereocenters. The van der Waals surface area contributed by atoms with Crippen LogP contribution in [0.15, 0.2) is 28.5 Å². The third kappa shape index (κ3) is 2.47. The van der Waals surface area contributed by atoms with Crippen LogP contribution in [0.2, 0.25) is 0 Å². The smallest absolute Gasteiger partial charge is 0.280 e. The van der Waals surface area contributed by atoms with Gasteiger partial charge in [0.15, 0.2) is 5.65 Å². The average Bonchev–Trinajstić information content (AvgIpc) is 3.08. The summed E-state index contributed by atoms with van der Waals surface area (Å²) in [5.41, 5.74) is 0.360. The van der Waals surface area contributed by atoms with Crippen LogP contribution in [0.5, 0.6) is 0 Å². The molecule has 3 aromatic rings. The summed E-state index contributed by atoms with van der Waals surface area (Å²) >= 11 is 1.71. The fourth-order valence-electron chi connectivity index (χ4n) is 1.93. The maximum Gasteiger partial charge on any atom is 0.280 e. The number of aryl methyl sites for hydroxylation is 1. The van der Waals surface area contributed by atoms with Gasteiger partial charge in [0, 0.05) is 25.0 Å². The van der Waals surface area contributed by atoms with E-state index in [2.05, 4.69) is 26.8 Å². The largest absolute Gasteiger partial charge is 0.310 e. The topological polar surface area (TPSA) is 77.6 Å². The minimum atomic E-state index is -0.152. The van der Waals surface area contributed by atoms with Gasteiger partial charge in [-0.2, -0.15) is 5.10 Å². The van der Waals surface area contributed by atoms with Crippen molar-refractivity contribution in [3.63, 3.8) is 0 Å². The van der Waals surface area contributed by atoms with Gasteiger partial charge in [0.25, 0.3) is 5.56 Å². The predicted molar refractivity (Wildman–Crippen MR) is 76.6 cm³/mol. The monoisotopic (exact) mass is 290 g/mol. The van der Waals surface area contributed by atoms with E-state index in [0.717, 1.165) is 6.54 Å². The molecule has 20 heavy (non-hydrogen) atoms. The van der Waals surface area contributed by atoms with Crippen molar-refractivity contribution < 1.29 is 0 Å². The highest BCUT2D eigenvalue weighted by Crippen LogP contribution is 2.07. The summed E-state index contributed by atoms with van der Waals surface area (Å²) in [7, 11) is 1.74. The van der Waals surface area contributed by atoms with Crippen molar-refractivity contribution in [2.45, 2.75) is 13.1 Å². The molecule has 0 radical (unpaired) electrons. The van der Waals surface area contributed by atoms with Crippen molar-refractivity contribution in [1.82, 2.24) is 30.1 Å². The zero-order chi connectivity index (χ0) is 13.9. The van der Waals surface area contributed by atoms with Crippen molar-refractivity contribution in [2.24, 2.45) is 7.05 Å². The summed E-state index contributed by atoms with van der Waals surface area (Å²) in [5.74, 6) is 0. The molecule has 0 amide bonds. The van der Waals surface area contributed by atoms with E-state index in [0.29, 0.717) is 24.1 Å². The molecule has 1 N–H and O–H groups in total. The molecule has 0 saturated heterocycles. The Morgan fingerprint density at radius 3 is 3.15 bits per heavy atom. The minimum absolute atomic E-state index is 0.152. The standard InChI is InChI=1S/C12H14N6OS/c1-17-11-10(8-14-17)12(19)18(16-15-11)5-4-13-7-9-3-2-6-20-9/h2-3,6,8,13H,4-5,7H2,1H3. The molecule has 3 rings (SSSR count). The summed E-state index contributed by atoms with van der Waals surface area (Å²) in [4.78, 5) is 13.4. The molecule has 8 heteroatoms. The van der Waals surface area contributed by atoms with Gasteiger partial charge in [0.1, 0.15) is 5.39 Å². The maximum atomic E-state index is 12.1. The predicted octanol–water partition coefficient (Wildman–Crippen LogP) is 0.376. The lowest BCUT2D eigenvalue weighted by Gasteiger charge is -2.04. The third-order valence-electron chi connectivity index (χ3n) is 3.00. The summed E-state index contributed by atoms with van der Waals surface area (Å²) in [5, 5.41) is 17.8. The molecule has 0 unspecified atom stereocenters. The van der Waals surface area contributed by atoms with Crippen molar-refractivity contribution in [3.05, 3.63) is 38.9 Å². The van der Waals surface area contributed by atoms with Crippen LogP contribution in [0, 0.1) is 0 Å². The maximum absolute atomic E-state index is 12.1. The number of nitrogens with one attached hydrogen (secondary N) is 1. The summed E-state index contributed by atoms with van der Waals surface area (Å²) < 4.78 is 2.91. The molecule has 0 aliphatic carbocycles. The second-order valence-electron chi connectivity index (χ2n) is 4.38. The molecule has 0 aliphatic rings. The van der Waals surface area contributed by atoms with Crippen LogP contribution in [0.1, 0.15) is 4.88 Å². The molecule has 104 valence electrons. The van der Waals surface area contributed by atoms with Gasteiger partial charge >= 0.3 is 0 Å². The number of hydrogen-bond donors (Lipinski definition) is 1. The van der Waals surface area contributed by atoms with Crippen LogP contribution >= 0.6 is 11.3 Å². The quantitative estimate of drug-likeness (QED) is 0.687. The first-order valence-electron chi connectivity index (χ1n) is 6.24. The first kappa shape index (κ1) is 12.9. The van der Waals surface area contributed by atoms with E-state index in [1.54, 1.807) is 23.1 Å². The van der Waals surface area contributed by atoms with Crippen molar-refractivity contribution >= 4 is 22.4 Å². The van der Waals surface area contributed by atoms with Gasteiger partial charge in [-0.05, 0) is 11.4 Å². The normalized spacial score (nSPS) is 11.2. The van der Waals surface area contributed by atoms with Crippen LogP contribution in [0.4, 0.5) is 0 Å². The lowest BCUT2D eigenvalue weighted by atomic mass is 10.4. The highest BCUT2D eigenvalue weighted by Gasteiger charge is 2.08. The van der Waals surface area contributed by atoms with E-state index < -0.39 is 0 Å². The zero-order valence-corrected chi connectivity index (χ0v) is 11.8. The van der Waals surface area contributed by atoms with Crippen LogP contribution < -0.4 is 10.9 Å². The van der Waals surface area contributed by atoms with Gasteiger partial charge in [-0.25, -0.2) is 9.36 Å². The molecule has 0 spiro atoms. The first-order valence-corrected chi connectivity index (χ1v) is 7.12. The van der Waals surface area contributed by atoms with Gasteiger partial charge < -0.3 is 5.32 Å². The van der Waals surface area contributed by atoms with Gasteiger partial charge in [-0.3, -0.25) is 4.79 Å². The molecular weight excluding hydrogens is 276 g/mol. The summed E-state index contributed by atoms with van der Waals surface area (Å²) in [6.07, 6.45) is 1.53. The minimum Gasteiger partial charge on any atom is -0.310 e. The number of hydrogen-bond acceptors (Lipinski definition) is 6. The van der Waals surface area contributed by atoms with Crippen LogP contribution in [-0.2, 0) is 20.1 Å². The average molecular weight is 290 g/mol. The summed E-state index contributed by atoms with van der Waals surface area (Å²) in [6.45, 7) is 1.95.